The maximum Gasteiger partial charge on any atom is 0.421 e. The zero-order valence-electron chi connectivity index (χ0n) is 19.2. The first-order chi connectivity index (χ1) is 15.4. The van der Waals surface area contributed by atoms with Gasteiger partial charge in [0.15, 0.2) is 0 Å². The number of anilines is 1. The summed E-state index contributed by atoms with van der Waals surface area (Å²) in [5, 5.41) is 4.53. The minimum absolute atomic E-state index is 0.120. The van der Waals surface area contributed by atoms with Gasteiger partial charge in [0, 0.05) is 24.1 Å². The summed E-state index contributed by atoms with van der Waals surface area (Å²) >= 11 is 1.01. The van der Waals surface area contributed by atoms with E-state index >= 15 is 0 Å². The highest BCUT2D eigenvalue weighted by Crippen LogP contribution is 2.27. The lowest BCUT2D eigenvalue weighted by atomic mass is 10.2. The number of hydrogen-bond donors (Lipinski definition) is 0. The largest absolute Gasteiger partial charge is 0.443 e. The molecule has 0 aliphatic carbocycles. The summed E-state index contributed by atoms with van der Waals surface area (Å²) in [7, 11) is 0. The number of amides is 2. The topological polar surface area (TPSA) is 77.3 Å². The molecule has 0 unspecified atom stereocenters. The molecule has 0 bridgehead atoms. The molecule has 182 valence electrons. The van der Waals surface area contributed by atoms with Crippen LogP contribution in [0.1, 0.15) is 52.7 Å². The number of rotatable bonds is 9. The Morgan fingerprint density at radius 3 is 2.52 bits per heavy atom. The van der Waals surface area contributed by atoms with Crippen LogP contribution in [0.25, 0.3) is 5.69 Å². The van der Waals surface area contributed by atoms with Gasteiger partial charge in [-0.3, -0.25) is 9.78 Å². The molecular formula is C22H29F3N4O3S. The van der Waals surface area contributed by atoms with Gasteiger partial charge in [-0.1, -0.05) is 13.3 Å². The lowest BCUT2D eigenvalue weighted by Gasteiger charge is -2.26. The number of hydrogen-bond acceptors (Lipinski definition) is 6. The molecule has 2 heterocycles. The molecule has 0 radical (unpaired) electrons. The SMILES string of the molecule is CCCc1nn(-c2cccnc2)cc1N(C(=O)CCSCCC(F)(F)F)C(=O)OC(C)(C)C. The monoisotopic (exact) mass is 486 g/mol. The number of ether oxygens (including phenoxy) is 1. The molecule has 2 amide bonds. The number of aromatic nitrogens is 3. The molecule has 2 aromatic heterocycles. The van der Waals surface area contributed by atoms with Crippen LogP contribution in [0.15, 0.2) is 30.7 Å². The smallest absolute Gasteiger partial charge is 0.421 e. The van der Waals surface area contributed by atoms with Crippen LogP contribution in [-0.2, 0) is 16.0 Å². The maximum atomic E-state index is 13.1. The summed E-state index contributed by atoms with van der Waals surface area (Å²) < 4.78 is 44.0. The minimum atomic E-state index is -4.24. The number of carbonyl (C=O) groups is 2. The molecule has 33 heavy (non-hydrogen) atoms. The van der Waals surface area contributed by atoms with Gasteiger partial charge in [-0.05, 0) is 39.3 Å². The van der Waals surface area contributed by atoms with E-state index < -0.39 is 30.2 Å². The van der Waals surface area contributed by atoms with Crippen molar-refractivity contribution in [3.8, 4) is 5.69 Å². The Kier molecular flexibility index (Phi) is 9.33. The van der Waals surface area contributed by atoms with Crippen molar-refractivity contribution in [2.75, 3.05) is 16.4 Å². The van der Waals surface area contributed by atoms with Crippen LogP contribution in [0.3, 0.4) is 0 Å². The molecule has 0 saturated heterocycles. The quantitative estimate of drug-likeness (QED) is 0.432. The molecule has 0 fully saturated rings. The van der Waals surface area contributed by atoms with Crippen molar-refractivity contribution in [2.24, 2.45) is 0 Å². The Bertz CT molecular complexity index is 927. The lowest BCUT2D eigenvalue weighted by Crippen LogP contribution is -2.41. The first kappa shape index (κ1) is 26.7. The molecule has 11 heteroatoms. The predicted molar refractivity (Wildman–Crippen MR) is 122 cm³/mol. The highest BCUT2D eigenvalue weighted by Gasteiger charge is 2.32. The van der Waals surface area contributed by atoms with E-state index in [-0.39, 0.29) is 17.9 Å². The van der Waals surface area contributed by atoms with Crippen molar-refractivity contribution in [1.82, 2.24) is 14.8 Å². The Morgan fingerprint density at radius 2 is 1.94 bits per heavy atom. The van der Waals surface area contributed by atoms with Gasteiger partial charge >= 0.3 is 12.3 Å². The highest BCUT2D eigenvalue weighted by molar-refractivity contribution is 7.99. The summed E-state index contributed by atoms with van der Waals surface area (Å²) in [6, 6.07) is 3.53. The number of imide groups is 1. The van der Waals surface area contributed by atoms with E-state index in [2.05, 4.69) is 10.1 Å². The fraction of sp³-hybridized carbons (Fsp3) is 0.545. The van der Waals surface area contributed by atoms with Crippen LogP contribution in [-0.4, -0.2) is 50.0 Å². The van der Waals surface area contributed by atoms with Crippen molar-refractivity contribution in [3.63, 3.8) is 0 Å². The van der Waals surface area contributed by atoms with Crippen LogP contribution in [0.5, 0.6) is 0 Å². The van der Waals surface area contributed by atoms with E-state index in [0.29, 0.717) is 23.5 Å². The second kappa shape index (κ2) is 11.5. The van der Waals surface area contributed by atoms with E-state index in [1.165, 1.54) is 4.68 Å². The summed E-state index contributed by atoms with van der Waals surface area (Å²) in [5.74, 6) is -0.566. The molecular weight excluding hydrogens is 457 g/mol. The molecule has 0 N–H and O–H groups in total. The molecule has 7 nitrogen and oxygen atoms in total. The van der Waals surface area contributed by atoms with Crippen LogP contribution in [0.2, 0.25) is 0 Å². The molecule has 0 aliphatic rings. The van der Waals surface area contributed by atoms with Crippen molar-refractivity contribution >= 4 is 29.4 Å². The summed E-state index contributed by atoms with van der Waals surface area (Å²) in [5.41, 5.74) is 0.632. The highest BCUT2D eigenvalue weighted by atomic mass is 32.2. The fourth-order valence-electron chi connectivity index (χ4n) is 2.83. The van der Waals surface area contributed by atoms with Gasteiger partial charge in [0.2, 0.25) is 5.91 Å². The maximum absolute atomic E-state index is 13.1. The molecule has 0 aromatic carbocycles. The van der Waals surface area contributed by atoms with E-state index in [1.807, 2.05) is 6.92 Å². The Morgan fingerprint density at radius 1 is 1.21 bits per heavy atom. The number of nitrogens with zero attached hydrogens (tertiary/aromatic N) is 4. The standard InChI is InChI=1S/C22H29F3N4O3S/c1-5-7-17-18(15-28(27-17)16-8-6-11-26-14-16)29(20(31)32-21(2,3)4)19(30)9-12-33-13-10-22(23,24)25/h6,8,11,14-15H,5,7,9-10,12-13H2,1-4H3. The summed E-state index contributed by atoms with van der Waals surface area (Å²) in [4.78, 5) is 31.1. The second-order valence-corrected chi connectivity index (χ2v) is 9.53. The zero-order valence-corrected chi connectivity index (χ0v) is 20.0. The van der Waals surface area contributed by atoms with E-state index in [9.17, 15) is 22.8 Å². The number of halogens is 3. The van der Waals surface area contributed by atoms with Crippen molar-refractivity contribution in [3.05, 3.63) is 36.4 Å². The Balaban J connectivity index is 2.30. The number of pyridine rings is 1. The molecule has 2 rings (SSSR count). The third-order valence-electron chi connectivity index (χ3n) is 4.22. The van der Waals surface area contributed by atoms with Gasteiger partial charge in [0.1, 0.15) is 5.60 Å². The van der Waals surface area contributed by atoms with Gasteiger partial charge in [0.05, 0.1) is 35.9 Å². The summed E-state index contributed by atoms with van der Waals surface area (Å²) in [6.45, 7) is 7.01. The second-order valence-electron chi connectivity index (χ2n) is 8.30. The van der Waals surface area contributed by atoms with Gasteiger partial charge < -0.3 is 4.74 Å². The molecule has 0 atom stereocenters. The van der Waals surface area contributed by atoms with E-state index in [4.69, 9.17) is 4.74 Å². The average molecular weight is 487 g/mol. The van der Waals surface area contributed by atoms with Crippen molar-refractivity contribution in [2.45, 2.75) is 65.2 Å². The first-order valence-corrected chi connectivity index (χ1v) is 11.8. The van der Waals surface area contributed by atoms with Gasteiger partial charge in [-0.15, -0.1) is 0 Å². The van der Waals surface area contributed by atoms with Gasteiger partial charge in [0.25, 0.3) is 0 Å². The van der Waals surface area contributed by atoms with Gasteiger partial charge in [-0.25, -0.2) is 14.4 Å². The van der Waals surface area contributed by atoms with Crippen molar-refractivity contribution in [1.29, 1.82) is 0 Å². The molecule has 0 saturated carbocycles. The number of aryl methyl sites for hydroxylation is 1. The third-order valence-corrected chi connectivity index (χ3v) is 5.21. The van der Waals surface area contributed by atoms with Crippen molar-refractivity contribution < 1.29 is 27.5 Å². The van der Waals surface area contributed by atoms with E-state index in [1.54, 1.807) is 51.5 Å². The predicted octanol–water partition coefficient (Wildman–Crippen LogP) is 5.56. The molecule has 0 spiro atoms. The summed E-state index contributed by atoms with van der Waals surface area (Å²) in [6.07, 6.45) is -0.120. The number of alkyl halides is 3. The zero-order chi connectivity index (χ0) is 24.6. The van der Waals surface area contributed by atoms with Crippen LogP contribution < -0.4 is 4.90 Å². The first-order valence-electron chi connectivity index (χ1n) is 10.6. The van der Waals surface area contributed by atoms with Crippen LogP contribution in [0.4, 0.5) is 23.7 Å². The lowest BCUT2D eigenvalue weighted by molar-refractivity contribution is -0.129. The molecule has 2 aromatic rings. The fourth-order valence-corrected chi connectivity index (χ4v) is 3.73. The third kappa shape index (κ3) is 8.71. The average Bonchev–Trinajstić information content (AvgIpc) is 3.10. The van der Waals surface area contributed by atoms with Gasteiger partial charge in [-0.2, -0.15) is 30.0 Å². The number of carbonyl (C=O) groups excluding carboxylic acids is 2. The van der Waals surface area contributed by atoms with Crippen LogP contribution in [0, 0.1) is 0 Å². The van der Waals surface area contributed by atoms with Crippen LogP contribution >= 0.6 is 11.8 Å². The number of thioether (sulfide) groups is 1. The Hall–Kier alpha value is -2.56. The Labute approximate surface area is 195 Å². The van der Waals surface area contributed by atoms with E-state index in [0.717, 1.165) is 23.1 Å². The molecule has 0 aliphatic heterocycles. The minimum Gasteiger partial charge on any atom is -0.443 e. The normalized spacial score (nSPS) is 12.0.